The SMILES string of the molecule is CC(=O)c1cnn2c1NC(c1ccccc1)C1CCCCC12. The summed E-state index contributed by atoms with van der Waals surface area (Å²) in [6, 6.07) is 11.3. The predicted octanol–water partition coefficient (Wildman–Crippen LogP) is 3.98. The number of Topliss-reactive ketones (excluding diaryl/α,β-unsaturated/α-hetero) is 1. The quantitative estimate of drug-likeness (QED) is 0.852. The molecule has 2 aliphatic rings. The van der Waals surface area contributed by atoms with E-state index in [2.05, 4.69) is 45.4 Å². The summed E-state index contributed by atoms with van der Waals surface area (Å²) in [6.07, 6.45) is 6.62. The van der Waals surface area contributed by atoms with Crippen LogP contribution in [0.3, 0.4) is 0 Å². The zero-order valence-electron chi connectivity index (χ0n) is 12.8. The van der Waals surface area contributed by atoms with Crippen molar-refractivity contribution in [3.63, 3.8) is 0 Å². The van der Waals surface area contributed by atoms with E-state index in [0.717, 1.165) is 12.2 Å². The maximum absolute atomic E-state index is 11.9. The molecule has 0 saturated heterocycles. The minimum absolute atomic E-state index is 0.0785. The van der Waals surface area contributed by atoms with Crippen molar-refractivity contribution in [1.82, 2.24) is 9.78 Å². The molecule has 3 atom stereocenters. The molecule has 0 spiro atoms. The van der Waals surface area contributed by atoms with Crippen molar-refractivity contribution >= 4 is 11.6 Å². The molecule has 1 aliphatic carbocycles. The summed E-state index contributed by atoms with van der Waals surface area (Å²) in [4.78, 5) is 11.9. The van der Waals surface area contributed by atoms with E-state index >= 15 is 0 Å². The number of benzene rings is 1. The van der Waals surface area contributed by atoms with Crippen LogP contribution in [-0.2, 0) is 0 Å². The number of carbonyl (C=O) groups excluding carboxylic acids is 1. The van der Waals surface area contributed by atoms with Gasteiger partial charge in [0, 0.05) is 5.92 Å². The molecule has 0 amide bonds. The summed E-state index contributed by atoms with van der Waals surface area (Å²) in [7, 11) is 0. The van der Waals surface area contributed by atoms with E-state index < -0.39 is 0 Å². The molecule has 4 heteroatoms. The number of nitrogens with one attached hydrogen (secondary N) is 1. The number of ketones is 1. The molecule has 1 N–H and O–H groups in total. The van der Waals surface area contributed by atoms with Gasteiger partial charge >= 0.3 is 0 Å². The first kappa shape index (κ1) is 13.6. The van der Waals surface area contributed by atoms with Gasteiger partial charge in [-0.3, -0.25) is 4.79 Å². The van der Waals surface area contributed by atoms with Crippen molar-refractivity contribution < 1.29 is 4.79 Å². The Morgan fingerprint density at radius 2 is 2.00 bits per heavy atom. The van der Waals surface area contributed by atoms with Gasteiger partial charge in [-0.15, -0.1) is 0 Å². The van der Waals surface area contributed by atoms with Crippen molar-refractivity contribution in [2.24, 2.45) is 5.92 Å². The van der Waals surface area contributed by atoms with Gasteiger partial charge in [0.15, 0.2) is 5.78 Å². The van der Waals surface area contributed by atoms with Gasteiger partial charge in [-0.2, -0.15) is 5.10 Å². The largest absolute Gasteiger partial charge is 0.362 e. The minimum atomic E-state index is 0.0785. The number of anilines is 1. The lowest BCUT2D eigenvalue weighted by Gasteiger charge is -2.43. The highest BCUT2D eigenvalue weighted by Crippen LogP contribution is 2.47. The third kappa shape index (κ3) is 2.05. The van der Waals surface area contributed by atoms with Crippen molar-refractivity contribution in [3.05, 3.63) is 47.7 Å². The molecule has 1 aromatic heterocycles. The smallest absolute Gasteiger partial charge is 0.165 e. The van der Waals surface area contributed by atoms with Gasteiger partial charge in [-0.1, -0.05) is 43.2 Å². The highest BCUT2D eigenvalue weighted by molar-refractivity contribution is 5.98. The Labute approximate surface area is 130 Å². The van der Waals surface area contributed by atoms with Crippen LogP contribution < -0.4 is 5.32 Å². The van der Waals surface area contributed by atoms with Gasteiger partial charge in [0.2, 0.25) is 0 Å². The lowest BCUT2D eigenvalue weighted by molar-refractivity contribution is 0.101. The highest BCUT2D eigenvalue weighted by atomic mass is 16.1. The molecule has 2 aromatic rings. The van der Waals surface area contributed by atoms with Crippen molar-refractivity contribution in [2.75, 3.05) is 5.32 Å². The third-order valence-electron chi connectivity index (χ3n) is 5.15. The number of carbonyl (C=O) groups is 1. The van der Waals surface area contributed by atoms with E-state index in [-0.39, 0.29) is 11.8 Å². The zero-order chi connectivity index (χ0) is 15.1. The highest BCUT2D eigenvalue weighted by Gasteiger charge is 2.40. The Morgan fingerprint density at radius 1 is 1.23 bits per heavy atom. The molecule has 0 radical (unpaired) electrons. The van der Waals surface area contributed by atoms with Gasteiger partial charge in [-0.25, -0.2) is 4.68 Å². The van der Waals surface area contributed by atoms with Crippen LogP contribution in [0.25, 0.3) is 0 Å². The molecule has 1 aliphatic heterocycles. The monoisotopic (exact) mass is 295 g/mol. The normalized spacial score (nSPS) is 26.7. The summed E-state index contributed by atoms with van der Waals surface area (Å²) >= 11 is 0. The Hall–Kier alpha value is -2.10. The van der Waals surface area contributed by atoms with Gasteiger partial charge in [0.25, 0.3) is 0 Å². The topological polar surface area (TPSA) is 46.9 Å². The minimum Gasteiger partial charge on any atom is -0.362 e. The number of hydrogen-bond donors (Lipinski definition) is 1. The van der Waals surface area contributed by atoms with Crippen LogP contribution in [0.4, 0.5) is 5.82 Å². The average molecular weight is 295 g/mol. The Balaban J connectivity index is 1.81. The first-order valence-electron chi connectivity index (χ1n) is 8.15. The zero-order valence-corrected chi connectivity index (χ0v) is 12.8. The Kier molecular flexibility index (Phi) is 3.25. The first-order chi connectivity index (χ1) is 10.8. The Bertz CT molecular complexity index is 692. The van der Waals surface area contributed by atoms with Crippen LogP contribution in [0.2, 0.25) is 0 Å². The van der Waals surface area contributed by atoms with Gasteiger partial charge < -0.3 is 5.32 Å². The molecule has 1 saturated carbocycles. The molecule has 2 heterocycles. The van der Waals surface area contributed by atoms with Crippen LogP contribution in [0, 0.1) is 5.92 Å². The van der Waals surface area contributed by atoms with E-state index in [1.807, 2.05) is 0 Å². The van der Waals surface area contributed by atoms with Crippen molar-refractivity contribution in [2.45, 2.75) is 44.7 Å². The van der Waals surface area contributed by atoms with E-state index in [9.17, 15) is 4.79 Å². The van der Waals surface area contributed by atoms with E-state index in [0.29, 0.717) is 17.5 Å². The summed E-state index contributed by atoms with van der Waals surface area (Å²) < 4.78 is 2.07. The number of aromatic nitrogens is 2. The molecule has 1 fully saturated rings. The predicted molar refractivity (Wildman–Crippen MR) is 86.0 cm³/mol. The van der Waals surface area contributed by atoms with E-state index in [1.54, 1.807) is 13.1 Å². The second kappa shape index (κ2) is 5.27. The summed E-state index contributed by atoms with van der Waals surface area (Å²) in [6.45, 7) is 1.62. The van der Waals surface area contributed by atoms with Crippen molar-refractivity contribution in [3.8, 4) is 0 Å². The molecule has 4 rings (SSSR count). The van der Waals surface area contributed by atoms with Crippen molar-refractivity contribution in [1.29, 1.82) is 0 Å². The molecular formula is C18H21N3O. The van der Waals surface area contributed by atoms with E-state index in [1.165, 1.54) is 24.8 Å². The fourth-order valence-corrected chi connectivity index (χ4v) is 4.09. The molecule has 114 valence electrons. The third-order valence-corrected chi connectivity index (χ3v) is 5.15. The standard InChI is InChI=1S/C18H21N3O/c1-12(22)15-11-19-21-16-10-6-5-9-14(16)17(20-18(15)21)13-7-3-2-4-8-13/h2-4,7-8,11,14,16-17,20H,5-6,9-10H2,1H3. The second-order valence-electron chi connectivity index (χ2n) is 6.46. The number of nitrogens with zero attached hydrogens (tertiary/aromatic N) is 2. The van der Waals surface area contributed by atoms with Gasteiger partial charge in [0.05, 0.1) is 23.8 Å². The first-order valence-corrected chi connectivity index (χ1v) is 8.15. The van der Waals surface area contributed by atoms with Crippen LogP contribution in [0.15, 0.2) is 36.5 Å². The fraction of sp³-hybridized carbons (Fsp3) is 0.444. The van der Waals surface area contributed by atoms with Crippen LogP contribution in [0.1, 0.15) is 60.6 Å². The molecule has 1 aromatic carbocycles. The lowest BCUT2D eigenvalue weighted by Crippen LogP contribution is -2.38. The number of fused-ring (bicyclic) bond motifs is 3. The lowest BCUT2D eigenvalue weighted by atomic mass is 9.76. The molecule has 3 unspecified atom stereocenters. The summed E-state index contributed by atoms with van der Waals surface area (Å²) in [5.41, 5.74) is 2.02. The molecular weight excluding hydrogens is 274 g/mol. The molecule has 4 nitrogen and oxygen atoms in total. The molecule has 22 heavy (non-hydrogen) atoms. The maximum Gasteiger partial charge on any atom is 0.165 e. The van der Waals surface area contributed by atoms with Gasteiger partial charge in [0.1, 0.15) is 5.82 Å². The van der Waals surface area contributed by atoms with Gasteiger partial charge in [-0.05, 0) is 25.3 Å². The number of hydrogen-bond acceptors (Lipinski definition) is 3. The Morgan fingerprint density at radius 3 is 2.77 bits per heavy atom. The fourth-order valence-electron chi connectivity index (χ4n) is 4.09. The summed E-state index contributed by atoms with van der Waals surface area (Å²) in [5, 5.41) is 8.15. The molecule has 0 bridgehead atoms. The maximum atomic E-state index is 11.9. The second-order valence-corrected chi connectivity index (χ2v) is 6.46. The van der Waals surface area contributed by atoms with E-state index in [4.69, 9.17) is 0 Å². The van der Waals surface area contributed by atoms with Crippen LogP contribution in [0.5, 0.6) is 0 Å². The average Bonchev–Trinajstić information content (AvgIpc) is 2.99. The number of rotatable bonds is 2. The van der Waals surface area contributed by atoms with Crippen LogP contribution >= 0.6 is 0 Å². The van der Waals surface area contributed by atoms with Crippen LogP contribution in [-0.4, -0.2) is 15.6 Å². The summed E-state index contributed by atoms with van der Waals surface area (Å²) in [5.74, 6) is 1.53.